The quantitative estimate of drug-likeness (QED) is 0.782. The van der Waals surface area contributed by atoms with Crippen molar-refractivity contribution in [2.45, 2.75) is 51.2 Å². The van der Waals surface area contributed by atoms with E-state index in [9.17, 15) is 13.2 Å². The molecule has 0 aliphatic heterocycles. The van der Waals surface area contributed by atoms with Crippen LogP contribution in [-0.4, -0.2) is 12.6 Å². The van der Waals surface area contributed by atoms with Gasteiger partial charge in [-0.1, -0.05) is 31.5 Å². The van der Waals surface area contributed by atoms with Gasteiger partial charge in [0.15, 0.2) is 0 Å². The van der Waals surface area contributed by atoms with Gasteiger partial charge in [0, 0.05) is 6.04 Å². The Bertz CT molecular complexity index is 424. The molecule has 1 aromatic carbocycles. The van der Waals surface area contributed by atoms with E-state index in [1.807, 2.05) is 0 Å². The normalized spacial score (nSPS) is 17.2. The van der Waals surface area contributed by atoms with Crippen LogP contribution in [0.5, 0.6) is 0 Å². The van der Waals surface area contributed by atoms with E-state index in [1.165, 1.54) is 25.0 Å². The number of benzene rings is 1. The Kier molecular flexibility index (Phi) is 5.08. The summed E-state index contributed by atoms with van der Waals surface area (Å²) in [7, 11) is 0. The predicted molar refractivity (Wildman–Crippen MR) is 74.6 cm³/mol. The van der Waals surface area contributed by atoms with Gasteiger partial charge in [-0.15, -0.1) is 0 Å². The molecular formula is C16H22F3N. The fraction of sp³-hybridized carbons (Fsp3) is 0.625. The number of halogens is 3. The Morgan fingerprint density at radius 3 is 2.65 bits per heavy atom. The number of hydrogen-bond acceptors (Lipinski definition) is 1. The van der Waals surface area contributed by atoms with Gasteiger partial charge in [-0.2, -0.15) is 13.2 Å². The molecule has 0 aromatic heterocycles. The molecule has 0 heterocycles. The van der Waals surface area contributed by atoms with Crippen LogP contribution in [0.25, 0.3) is 0 Å². The maximum Gasteiger partial charge on any atom is 0.416 e. The van der Waals surface area contributed by atoms with Crippen molar-refractivity contribution in [1.82, 2.24) is 5.32 Å². The van der Waals surface area contributed by atoms with Gasteiger partial charge in [-0.25, -0.2) is 0 Å². The zero-order valence-electron chi connectivity index (χ0n) is 11.8. The van der Waals surface area contributed by atoms with Crippen molar-refractivity contribution in [3.63, 3.8) is 0 Å². The number of alkyl halides is 3. The van der Waals surface area contributed by atoms with Crippen molar-refractivity contribution in [3.8, 4) is 0 Å². The van der Waals surface area contributed by atoms with Gasteiger partial charge < -0.3 is 5.32 Å². The lowest BCUT2D eigenvalue weighted by Gasteiger charge is -2.18. The molecule has 1 N–H and O–H groups in total. The summed E-state index contributed by atoms with van der Waals surface area (Å²) in [4.78, 5) is 0. The molecule has 0 radical (unpaired) electrons. The zero-order valence-corrected chi connectivity index (χ0v) is 11.8. The van der Waals surface area contributed by atoms with E-state index in [1.54, 1.807) is 6.07 Å². The third-order valence-electron chi connectivity index (χ3n) is 3.75. The number of nitrogens with one attached hydrogen (secondary N) is 1. The lowest BCUT2D eigenvalue weighted by molar-refractivity contribution is -0.137. The van der Waals surface area contributed by atoms with Crippen LogP contribution in [0.4, 0.5) is 13.2 Å². The summed E-state index contributed by atoms with van der Waals surface area (Å²) in [6.45, 7) is 3.03. The van der Waals surface area contributed by atoms with Crippen molar-refractivity contribution < 1.29 is 13.2 Å². The summed E-state index contributed by atoms with van der Waals surface area (Å²) in [6, 6.07) is 6.39. The Morgan fingerprint density at radius 1 is 1.30 bits per heavy atom. The van der Waals surface area contributed by atoms with Crippen LogP contribution in [0.15, 0.2) is 24.3 Å². The molecule has 1 unspecified atom stereocenters. The van der Waals surface area contributed by atoms with E-state index in [-0.39, 0.29) is 0 Å². The number of hydrogen-bond donors (Lipinski definition) is 1. The standard InChI is InChI=1S/C16H22F3N/c1-2-4-13(11-20-15-7-8-15)9-12-5-3-6-14(10-12)16(17,18)19/h3,5-6,10,13,15,20H,2,4,7-9,11H2,1H3. The smallest absolute Gasteiger partial charge is 0.314 e. The first-order valence-electron chi connectivity index (χ1n) is 7.38. The average molecular weight is 285 g/mol. The summed E-state index contributed by atoms with van der Waals surface area (Å²) in [5.41, 5.74) is 0.247. The first-order chi connectivity index (χ1) is 9.49. The Labute approximate surface area is 118 Å². The molecule has 2 rings (SSSR count). The molecule has 0 amide bonds. The molecule has 4 heteroatoms. The highest BCUT2D eigenvalue weighted by Gasteiger charge is 2.30. The highest BCUT2D eigenvalue weighted by atomic mass is 19.4. The molecule has 1 aliphatic rings. The Hall–Kier alpha value is -1.03. The number of rotatable bonds is 7. The van der Waals surface area contributed by atoms with Crippen molar-refractivity contribution >= 4 is 0 Å². The van der Waals surface area contributed by atoms with Gasteiger partial charge in [0.25, 0.3) is 0 Å². The largest absolute Gasteiger partial charge is 0.416 e. The minimum Gasteiger partial charge on any atom is -0.314 e. The molecule has 1 fully saturated rings. The van der Waals surface area contributed by atoms with Crippen molar-refractivity contribution in [1.29, 1.82) is 0 Å². The van der Waals surface area contributed by atoms with Gasteiger partial charge in [0.1, 0.15) is 0 Å². The lowest BCUT2D eigenvalue weighted by atomic mass is 9.94. The van der Waals surface area contributed by atoms with Gasteiger partial charge in [-0.05, 0) is 49.8 Å². The van der Waals surface area contributed by atoms with Gasteiger partial charge >= 0.3 is 6.18 Å². The average Bonchev–Trinajstić information content (AvgIpc) is 3.20. The molecule has 1 aromatic rings. The van der Waals surface area contributed by atoms with E-state index < -0.39 is 11.7 Å². The Balaban J connectivity index is 1.97. The molecular weight excluding hydrogens is 263 g/mol. The molecule has 1 saturated carbocycles. The van der Waals surface area contributed by atoms with E-state index >= 15 is 0 Å². The van der Waals surface area contributed by atoms with Crippen molar-refractivity contribution in [2.75, 3.05) is 6.54 Å². The SMILES string of the molecule is CCCC(CNC1CC1)Cc1cccc(C(F)(F)F)c1. The first-order valence-corrected chi connectivity index (χ1v) is 7.38. The van der Waals surface area contributed by atoms with E-state index in [2.05, 4.69) is 12.2 Å². The fourth-order valence-corrected chi connectivity index (χ4v) is 2.51. The van der Waals surface area contributed by atoms with Gasteiger partial charge in [-0.3, -0.25) is 0 Å². The molecule has 1 atom stereocenters. The third-order valence-corrected chi connectivity index (χ3v) is 3.75. The zero-order chi connectivity index (χ0) is 14.6. The molecule has 1 nitrogen and oxygen atoms in total. The van der Waals surface area contributed by atoms with Crippen molar-refractivity contribution in [2.24, 2.45) is 5.92 Å². The van der Waals surface area contributed by atoms with Gasteiger partial charge in [0.2, 0.25) is 0 Å². The van der Waals surface area contributed by atoms with Crippen LogP contribution >= 0.6 is 0 Å². The van der Waals surface area contributed by atoms with Gasteiger partial charge in [0.05, 0.1) is 5.56 Å². The second-order valence-corrected chi connectivity index (χ2v) is 5.74. The van der Waals surface area contributed by atoms with E-state index in [0.29, 0.717) is 12.0 Å². The van der Waals surface area contributed by atoms with E-state index in [4.69, 9.17) is 0 Å². The minimum atomic E-state index is -4.25. The fourth-order valence-electron chi connectivity index (χ4n) is 2.51. The topological polar surface area (TPSA) is 12.0 Å². The molecule has 0 saturated heterocycles. The minimum absolute atomic E-state index is 0.420. The maximum absolute atomic E-state index is 12.7. The second kappa shape index (κ2) is 6.61. The lowest BCUT2D eigenvalue weighted by Crippen LogP contribution is -2.26. The Morgan fingerprint density at radius 2 is 2.05 bits per heavy atom. The molecule has 0 spiro atoms. The van der Waals surface area contributed by atoms with Crippen LogP contribution in [0.2, 0.25) is 0 Å². The molecule has 20 heavy (non-hydrogen) atoms. The van der Waals surface area contributed by atoms with Crippen LogP contribution in [-0.2, 0) is 12.6 Å². The van der Waals surface area contributed by atoms with Crippen LogP contribution in [0, 0.1) is 5.92 Å². The van der Waals surface area contributed by atoms with Crippen LogP contribution in [0.1, 0.15) is 43.7 Å². The summed E-state index contributed by atoms with van der Waals surface area (Å²) in [5.74, 6) is 0.420. The second-order valence-electron chi connectivity index (χ2n) is 5.74. The molecule has 112 valence electrons. The predicted octanol–water partition coefficient (Wildman–Crippen LogP) is 4.42. The van der Waals surface area contributed by atoms with E-state index in [0.717, 1.165) is 37.4 Å². The third kappa shape index (κ3) is 4.82. The van der Waals surface area contributed by atoms with Crippen LogP contribution < -0.4 is 5.32 Å². The summed E-state index contributed by atoms with van der Waals surface area (Å²) < 4.78 is 38.1. The summed E-state index contributed by atoms with van der Waals surface area (Å²) in [5, 5.41) is 3.48. The summed E-state index contributed by atoms with van der Waals surface area (Å²) in [6.07, 6.45) is 1.07. The molecule has 0 bridgehead atoms. The maximum atomic E-state index is 12.7. The molecule has 1 aliphatic carbocycles. The van der Waals surface area contributed by atoms with Crippen molar-refractivity contribution in [3.05, 3.63) is 35.4 Å². The van der Waals surface area contributed by atoms with Crippen LogP contribution in [0.3, 0.4) is 0 Å². The monoisotopic (exact) mass is 285 g/mol. The highest BCUT2D eigenvalue weighted by Crippen LogP contribution is 2.30. The first kappa shape index (κ1) is 15.4. The highest BCUT2D eigenvalue weighted by molar-refractivity contribution is 5.26. The summed E-state index contributed by atoms with van der Waals surface area (Å²) >= 11 is 0.